The van der Waals surface area contributed by atoms with Crippen molar-refractivity contribution in [3.63, 3.8) is 0 Å². The Labute approximate surface area is 177 Å². The van der Waals surface area contributed by atoms with E-state index < -0.39 is 28.0 Å². The summed E-state index contributed by atoms with van der Waals surface area (Å²) in [5, 5.41) is 0. The number of aryl methyl sites for hydroxylation is 3. The van der Waals surface area contributed by atoms with Crippen LogP contribution in [-0.4, -0.2) is 67.7 Å². The first-order valence-electron chi connectivity index (χ1n) is 9.78. The van der Waals surface area contributed by atoms with Gasteiger partial charge in [0, 0.05) is 32.6 Å². The molecule has 0 spiro atoms. The van der Waals surface area contributed by atoms with Crippen LogP contribution in [0.25, 0.3) is 0 Å². The third-order valence-corrected chi connectivity index (χ3v) is 7.25. The van der Waals surface area contributed by atoms with E-state index in [-0.39, 0.29) is 44.9 Å². The van der Waals surface area contributed by atoms with Crippen LogP contribution < -0.4 is 5.73 Å². The monoisotopic (exact) mass is 439 g/mol. The van der Waals surface area contributed by atoms with Gasteiger partial charge in [0.15, 0.2) is 6.10 Å². The summed E-state index contributed by atoms with van der Waals surface area (Å²) in [6.45, 7) is 7.71. The Kier molecular flexibility index (Phi) is 7.59. The van der Waals surface area contributed by atoms with Gasteiger partial charge in [-0.1, -0.05) is 17.7 Å². The highest BCUT2D eigenvalue weighted by molar-refractivity contribution is 7.89. The zero-order valence-corrected chi connectivity index (χ0v) is 18.6. The van der Waals surface area contributed by atoms with Gasteiger partial charge in [-0.2, -0.15) is 4.31 Å². The molecule has 166 valence electrons. The average molecular weight is 440 g/mol. The number of carbonyl (C=O) groups excluding carboxylic acids is 3. The van der Waals surface area contributed by atoms with Crippen molar-refractivity contribution in [3.05, 3.63) is 28.8 Å². The van der Waals surface area contributed by atoms with E-state index in [0.717, 1.165) is 5.56 Å². The van der Waals surface area contributed by atoms with Gasteiger partial charge < -0.3 is 15.4 Å². The molecule has 1 atom stereocenters. The highest BCUT2D eigenvalue weighted by atomic mass is 32.2. The summed E-state index contributed by atoms with van der Waals surface area (Å²) in [7, 11) is -3.66. The number of carbonyl (C=O) groups is 3. The molecular weight excluding hydrogens is 410 g/mol. The predicted octanol–water partition coefficient (Wildman–Crippen LogP) is 0.642. The van der Waals surface area contributed by atoms with Crippen molar-refractivity contribution in [2.75, 3.05) is 26.2 Å². The number of amides is 2. The van der Waals surface area contributed by atoms with Crippen LogP contribution in [0, 0.1) is 20.8 Å². The largest absolute Gasteiger partial charge is 0.453 e. The molecule has 2 rings (SSSR count). The first kappa shape index (κ1) is 23.8. The van der Waals surface area contributed by atoms with Gasteiger partial charge in [0.1, 0.15) is 0 Å². The van der Waals surface area contributed by atoms with Gasteiger partial charge in [0.2, 0.25) is 15.9 Å². The van der Waals surface area contributed by atoms with Crippen molar-refractivity contribution >= 4 is 27.8 Å². The Morgan fingerprint density at radius 3 is 2.07 bits per heavy atom. The Hall–Kier alpha value is -2.46. The van der Waals surface area contributed by atoms with E-state index in [1.165, 1.54) is 16.1 Å². The summed E-state index contributed by atoms with van der Waals surface area (Å²) >= 11 is 0. The molecule has 2 amide bonds. The molecule has 0 saturated carbocycles. The van der Waals surface area contributed by atoms with Crippen molar-refractivity contribution in [2.45, 2.75) is 51.5 Å². The van der Waals surface area contributed by atoms with Crippen molar-refractivity contribution in [3.8, 4) is 0 Å². The molecule has 1 saturated heterocycles. The number of sulfonamides is 1. The number of hydrogen-bond donors (Lipinski definition) is 1. The van der Waals surface area contributed by atoms with Crippen molar-refractivity contribution in [1.82, 2.24) is 9.21 Å². The summed E-state index contributed by atoms with van der Waals surface area (Å²) in [5.41, 5.74) is 7.44. The lowest BCUT2D eigenvalue weighted by Gasteiger charge is -2.34. The van der Waals surface area contributed by atoms with Crippen LogP contribution in [0.2, 0.25) is 0 Å². The fraction of sp³-hybridized carbons (Fsp3) is 0.550. The second kappa shape index (κ2) is 9.57. The number of nitrogens with zero attached hydrogens (tertiary/aromatic N) is 2. The molecule has 9 nitrogen and oxygen atoms in total. The Bertz CT molecular complexity index is 913. The first-order valence-corrected chi connectivity index (χ1v) is 11.2. The van der Waals surface area contributed by atoms with E-state index in [9.17, 15) is 22.8 Å². The molecular formula is C20H29N3O6S. The highest BCUT2D eigenvalue weighted by Gasteiger charge is 2.32. The van der Waals surface area contributed by atoms with E-state index in [1.54, 1.807) is 13.8 Å². The third-order valence-electron chi connectivity index (χ3n) is 5.05. The van der Waals surface area contributed by atoms with Gasteiger partial charge >= 0.3 is 5.97 Å². The van der Waals surface area contributed by atoms with Crippen molar-refractivity contribution in [2.24, 2.45) is 5.73 Å². The maximum atomic E-state index is 13.1. The average Bonchev–Trinajstić information content (AvgIpc) is 2.65. The fourth-order valence-electron chi connectivity index (χ4n) is 3.56. The van der Waals surface area contributed by atoms with Crippen LogP contribution in [0.15, 0.2) is 17.0 Å². The molecule has 1 aromatic rings. The van der Waals surface area contributed by atoms with Crippen LogP contribution in [-0.2, 0) is 29.1 Å². The Balaban J connectivity index is 1.94. The summed E-state index contributed by atoms with van der Waals surface area (Å²) in [5.74, 6) is -1.70. The highest BCUT2D eigenvalue weighted by Crippen LogP contribution is 2.26. The molecule has 0 unspecified atom stereocenters. The second-order valence-electron chi connectivity index (χ2n) is 7.55. The number of rotatable bonds is 7. The minimum Gasteiger partial charge on any atom is -0.453 e. The van der Waals surface area contributed by atoms with E-state index in [4.69, 9.17) is 10.5 Å². The van der Waals surface area contributed by atoms with Crippen LogP contribution in [0.4, 0.5) is 0 Å². The molecule has 10 heteroatoms. The SMILES string of the molecule is Cc1cc(C)c(S(=O)(=O)N2CCN(C(=O)CCC(=O)O[C@@H](C)C(N)=O)CC2)c(C)c1. The molecule has 0 aliphatic carbocycles. The normalized spacial score (nSPS) is 16.2. The molecule has 1 aliphatic heterocycles. The van der Waals surface area contributed by atoms with Gasteiger partial charge in [0.05, 0.1) is 11.3 Å². The molecule has 1 aromatic carbocycles. The molecule has 2 N–H and O–H groups in total. The predicted molar refractivity (Wildman–Crippen MR) is 110 cm³/mol. The van der Waals surface area contributed by atoms with Crippen LogP contribution in [0.1, 0.15) is 36.5 Å². The van der Waals surface area contributed by atoms with Crippen LogP contribution in [0.3, 0.4) is 0 Å². The summed E-state index contributed by atoms with van der Waals surface area (Å²) in [4.78, 5) is 36.8. The summed E-state index contributed by atoms with van der Waals surface area (Å²) in [6.07, 6.45) is -1.29. The molecule has 30 heavy (non-hydrogen) atoms. The zero-order valence-electron chi connectivity index (χ0n) is 17.8. The molecule has 0 radical (unpaired) electrons. The number of esters is 1. The summed E-state index contributed by atoms with van der Waals surface area (Å²) < 4.78 is 32.4. The standard InChI is InChI=1S/C20H29N3O6S/c1-13-11-14(2)19(15(3)12-13)30(27,28)23-9-7-22(8-10-23)17(24)5-6-18(25)29-16(4)20(21)26/h11-12,16H,5-10H2,1-4H3,(H2,21,26)/t16-/m0/s1. The van der Waals surface area contributed by atoms with Gasteiger partial charge in [0.25, 0.3) is 5.91 Å². The number of hydrogen-bond acceptors (Lipinski definition) is 6. The molecule has 1 fully saturated rings. The molecule has 1 aliphatic rings. The summed E-state index contributed by atoms with van der Waals surface area (Å²) in [6, 6.07) is 3.69. The molecule has 0 bridgehead atoms. The topological polar surface area (TPSA) is 127 Å². The number of benzene rings is 1. The van der Waals surface area contributed by atoms with E-state index >= 15 is 0 Å². The smallest absolute Gasteiger partial charge is 0.307 e. The Morgan fingerprint density at radius 2 is 1.57 bits per heavy atom. The number of primary amides is 1. The molecule has 1 heterocycles. The minimum atomic E-state index is -3.66. The van der Waals surface area contributed by atoms with Crippen LogP contribution in [0.5, 0.6) is 0 Å². The molecule has 0 aromatic heterocycles. The van der Waals surface area contributed by atoms with Crippen molar-refractivity contribution in [1.29, 1.82) is 0 Å². The quantitative estimate of drug-likeness (QED) is 0.621. The Morgan fingerprint density at radius 1 is 1.03 bits per heavy atom. The number of ether oxygens (including phenoxy) is 1. The minimum absolute atomic E-state index is 0.0761. The van der Waals surface area contributed by atoms with Crippen LogP contribution >= 0.6 is 0 Å². The lowest BCUT2D eigenvalue weighted by molar-refractivity contribution is -0.154. The first-order chi connectivity index (χ1) is 13.9. The van der Waals surface area contributed by atoms with Gasteiger partial charge in [-0.15, -0.1) is 0 Å². The lowest BCUT2D eigenvalue weighted by atomic mass is 10.1. The van der Waals surface area contributed by atoms with E-state index in [0.29, 0.717) is 16.0 Å². The van der Waals surface area contributed by atoms with Gasteiger partial charge in [-0.3, -0.25) is 14.4 Å². The van der Waals surface area contributed by atoms with Gasteiger partial charge in [-0.05, 0) is 38.8 Å². The third kappa shape index (κ3) is 5.57. The van der Waals surface area contributed by atoms with E-state index in [2.05, 4.69) is 0 Å². The van der Waals surface area contributed by atoms with Gasteiger partial charge in [-0.25, -0.2) is 8.42 Å². The zero-order chi connectivity index (χ0) is 22.6. The fourth-order valence-corrected chi connectivity index (χ4v) is 5.40. The van der Waals surface area contributed by atoms with Crippen molar-refractivity contribution < 1.29 is 27.5 Å². The maximum absolute atomic E-state index is 13.1. The number of nitrogens with two attached hydrogens (primary N) is 1. The lowest BCUT2D eigenvalue weighted by Crippen LogP contribution is -2.50. The second-order valence-corrected chi connectivity index (χ2v) is 9.42. The maximum Gasteiger partial charge on any atom is 0.307 e. The number of piperazine rings is 1. The van der Waals surface area contributed by atoms with E-state index in [1.807, 2.05) is 19.1 Å².